The zero-order valence-corrected chi connectivity index (χ0v) is 11.2. The minimum absolute atomic E-state index is 0.124. The first-order chi connectivity index (χ1) is 9.79. The molecule has 4 nitrogen and oxygen atoms in total. The van der Waals surface area contributed by atoms with Crippen LogP contribution in [0.5, 0.6) is 17.2 Å². The maximum Gasteiger partial charge on any atom is 0.231 e. The summed E-state index contributed by atoms with van der Waals surface area (Å²) in [5.74, 6) is 2.52. The molecule has 0 radical (unpaired) electrons. The van der Waals surface area contributed by atoms with Gasteiger partial charge < -0.3 is 19.5 Å². The Morgan fingerprint density at radius 3 is 2.75 bits per heavy atom. The summed E-state index contributed by atoms with van der Waals surface area (Å²) in [5, 5.41) is 3.52. The highest BCUT2D eigenvalue weighted by Crippen LogP contribution is 2.38. The van der Waals surface area contributed by atoms with Crippen molar-refractivity contribution in [1.29, 1.82) is 0 Å². The van der Waals surface area contributed by atoms with Crippen molar-refractivity contribution in [2.45, 2.75) is 13.0 Å². The minimum atomic E-state index is 0.124. The number of aryl methyl sites for hydroxylation is 1. The molecular weight excluding hydrogens is 254 g/mol. The van der Waals surface area contributed by atoms with Crippen LogP contribution in [0, 0.1) is 6.92 Å². The van der Waals surface area contributed by atoms with Gasteiger partial charge in [-0.25, -0.2) is 0 Å². The number of fused-ring (bicyclic) bond motifs is 2. The molecule has 1 N–H and O–H groups in total. The van der Waals surface area contributed by atoms with Gasteiger partial charge in [0.1, 0.15) is 12.4 Å². The molecule has 0 bridgehead atoms. The normalized spacial score (nSPS) is 18.9. The minimum Gasteiger partial charge on any atom is -0.489 e. The molecule has 2 aliphatic rings. The summed E-state index contributed by atoms with van der Waals surface area (Å²) >= 11 is 0. The predicted molar refractivity (Wildman–Crippen MR) is 75.6 cm³/mol. The summed E-state index contributed by atoms with van der Waals surface area (Å²) in [6.07, 6.45) is 0. The Morgan fingerprint density at radius 1 is 0.950 bits per heavy atom. The largest absolute Gasteiger partial charge is 0.489 e. The number of hydrogen-bond donors (Lipinski definition) is 1. The van der Waals surface area contributed by atoms with Crippen LogP contribution in [-0.4, -0.2) is 13.4 Å². The number of rotatable bonds is 1. The monoisotopic (exact) mass is 269 g/mol. The van der Waals surface area contributed by atoms with Gasteiger partial charge >= 0.3 is 0 Å². The zero-order chi connectivity index (χ0) is 13.5. The lowest BCUT2D eigenvalue weighted by molar-refractivity contribution is 0.174. The third-order valence-corrected chi connectivity index (χ3v) is 3.67. The SMILES string of the molecule is Cc1ccc2c(c1)N[C@H](c1ccc3c(c1)OCO3)CO2. The lowest BCUT2D eigenvalue weighted by Gasteiger charge is -2.28. The first-order valence-electron chi connectivity index (χ1n) is 6.69. The summed E-state index contributed by atoms with van der Waals surface area (Å²) in [7, 11) is 0. The number of ether oxygens (including phenoxy) is 3. The van der Waals surface area contributed by atoms with Crippen LogP contribution in [-0.2, 0) is 0 Å². The fourth-order valence-electron chi connectivity index (χ4n) is 2.59. The van der Waals surface area contributed by atoms with Crippen molar-refractivity contribution >= 4 is 5.69 Å². The molecule has 102 valence electrons. The summed E-state index contributed by atoms with van der Waals surface area (Å²) < 4.78 is 16.6. The van der Waals surface area contributed by atoms with E-state index in [4.69, 9.17) is 14.2 Å². The van der Waals surface area contributed by atoms with Crippen molar-refractivity contribution in [2.75, 3.05) is 18.7 Å². The maximum absolute atomic E-state index is 5.83. The summed E-state index contributed by atoms with van der Waals surface area (Å²) in [6, 6.07) is 12.3. The van der Waals surface area contributed by atoms with Crippen molar-refractivity contribution in [3.63, 3.8) is 0 Å². The smallest absolute Gasteiger partial charge is 0.231 e. The van der Waals surface area contributed by atoms with Gasteiger partial charge in [0.05, 0.1) is 11.7 Å². The lowest BCUT2D eigenvalue weighted by Crippen LogP contribution is -2.23. The Bertz CT molecular complexity index is 669. The topological polar surface area (TPSA) is 39.7 Å². The van der Waals surface area contributed by atoms with Gasteiger partial charge in [-0.15, -0.1) is 0 Å². The van der Waals surface area contributed by atoms with Crippen molar-refractivity contribution < 1.29 is 14.2 Å². The predicted octanol–water partition coefficient (Wildman–Crippen LogP) is 3.27. The van der Waals surface area contributed by atoms with Gasteiger partial charge in [-0.2, -0.15) is 0 Å². The van der Waals surface area contributed by atoms with E-state index in [0.717, 1.165) is 28.5 Å². The average Bonchev–Trinajstić information content (AvgIpc) is 2.93. The summed E-state index contributed by atoms with van der Waals surface area (Å²) in [6.45, 7) is 2.98. The second-order valence-corrected chi connectivity index (χ2v) is 5.12. The van der Waals surface area contributed by atoms with E-state index in [0.29, 0.717) is 13.4 Å². The Labute approximate surface area is 117 Å². The fourth-order valence-corrected chi connectivity index (χ4v) is 2.59. The highest BCUT2D eigenvalue weighted by atomic mass is 16.7. The van der Waals surface area contributed by atoms with Crippen LogP contribution in [0.1, 0.15) is 17.2 Å². The fraction of sp³-hybridized carbons (Fsp3) is 0.250. The van der Waals surface area contributed by atoms with Crippen LogP contribution in [0.4, 0.5) is 5.69 Å². The van der Waals surface area contributed by atoms with Crippen LogP contribution in [0.2, 0.25) is 0 Å². The van der Waals surface area contributed by atoms with Crippen molar-refractivity contribution in [3.05, 3.63) is 47.5 Å². The average molecular weight is 269 g/mol. The van der Waals surface area contributed by atoms with E-state index in [1.807, 2.05) is 18.2 Å². The maximum atomic E-state index is 5.83. The molecule has 0 aromatic heterocycles. The molecule has 2 aromatic carbocycles. The van der Waals surface area contributed by atoms with Crippen LogP contribution in [0.15, 0.2) is 36.4 Å². The second kappa shape index (κ2) is 4.34. The first-order valence-corrected chi connectivity index (χ1v) is 6.69. The number of nitrogens with one attached hydrogen (secondary N) is 1. The van der Waals surface area contributed by atoms with Gasteiger partial charge in [-0.05, 0) is 42.3 Å². The number of benzene rings is 2. The van der Waals surface area contributed by atoms with E-state index in [-0.39, 0.29) is 6.04 Å². The summed E-state index contributed by atoms with van der Waals surface area (Å²) in [5.41, 5.74) is 3.39. The highest BCUT2D eigenvalue weighted by Gasteiger charge is 2.23. The highest BCUT2D eigenvalue weighted by molar-refractivity contribution is 5.61. The van der Waals surface area contributed by atoms with Gasteiger partial charge in [-0.1, -0.05) is 12.1 Å². The molecule has 2 aromatic rings. The third kappa shape index (κ3) is 1.84. The Kier molecular flexibility index (Phi) is 2.49. The Balaban J connectivity index is 1.64. The van der Waals surface area contributed by atoms with Gasteiger partial charge in [-0.3, -0.25) is 0 Å². The molecule has 20 heavy (non-hydrogen) atoms. The molecule has 0 aliphatic carbocycles. The molecule has 0 amide bonds. The van der Waals surface area contributed by atoms with Crippen molar-refractivity contribution in [2.24, 2.45) is 0 Å². The standard InChI is InChI=1S/C16H15NO3/c1-10-2-4-14-12(6-10)17-13(8-18-14)11-3-5-15-16(7-11)20-9-19-15/h2-7,13,17H,8-9H2,1H3/t13-/m0/s1. The van der Waals surface area contributed by atoms with Crippen LogP contribution < -0.4 is 19.5 Å². The molecule has 0 saturated heterocycles. The molecule has 0 saturated carbocycles. The first kappa shape index (κ1) is 11.5. The van der Waals surface area contributed by atoms with E-state index in [2.05, 4.69) is 30.4 Å². The van der Waals surface area contributed by atoms with E-state index in [1.54, 1.807) is 0 Å². The zero-order valence-electron chi connectivity index (χ0n) is 11.2. The Morgan fingerprint density at radius 2 is 1.80 bits per heavy atom. The second-order valence-electron chi connectivity index (χ2n) is 5.12. The summed E-state index contributed by atoms with van der Waals surface area (Å²) in [4.78, 5) is 0. The van der Waals surface area contributed by atoms with E-state index in [9.17, 15) is 0 Å². The number of hydrogen-bond acceptors (Lipinski definition) is 4. The lowest BCUT2D eigenvalue weighted by atomic mass is 10.0. The van der Waals surface area contributed by atoms with Crippen molar-refractivity contribution in [1.82, 2.24) is 0 Å². The number of anilines is 1. The molecule has 4 rings (SSSR count). The molecule has 0 spiro atoms. The van der Waals surface area contributed by atoms with Gasteiger partial charge in [0.15, 0.2) is 11.5 Å². The van der Waals surface area contributed by atoms with Crippen molar-refractivity contribution in [3.8, 4) is 17.2 Å². The molecule has 0 unspecified atom stereocenters. The quantitative estimate of drug-likeness (QED) is 0.862. The van der Waals surface area contributed by atoms with E-state index < -0.39 is 0 Å². The molecule has 0 fully saturated rings. The Hall–Kier alpha value is -2.36. The molecule has 2 heterocycles. The van der Waals surface area contributed by atoms with Gasteiger partial charge in [0.2, 0.25) is 6.79 Å². The molecule has 1 atom stereocenters. The van der Waals surface area contributed by atoms with E-state index >= 15 is 0 Å². The van der Waals surface area contributed by atoms with Crippen LogP contribution >= 0.6 is 0 Å². The molecule has 4 heteroatoms. The third-order valence-electron chi connectivity index (χ3n) is 3.67. The van der Waals surface area contributed by atoms with Crippen LogP contribution in [0.25, 0.3) is 0 Å². The van der Waals surface area contributed by atoms with E-state index in [1.165, 1.54) is 5.56 Å². The van der Waals surface area contributed by atoms with Crippen LogP contribution in [0.3, 0.4) is 0 Å². The van der Waals surface area contributed by atoms with Gasteiger partial charge in [0, 0.05) is 0 Å². The molecule has 2 aliphatic heterocycles. The molecular formula is C16H15NO3. The van der Waals surface area contributed by atoms with Gasteiger partial charge in [0.25, 0.3) is 0 Å².